The number of hydrogen-bond donors (Lipinski definition) is 2. The number of hydrogen-bond acceptors (Lipinski definition) is 4. The summed E-state index contributed by atoms with van der Waals surface area (Å²) in [7, 11) is 4.91. The van der Waals surface area contributed by atoms with E-state index in [1.807, 2.05) is 13.8 Å². The van der Waals surface area contributed by atoms with Crippen molar-refractivity contribution in [2.45, 2.75) is 39.3 Å². The van der Waals surface area contributed by atoms with E-state index in [4.69, 9.17) is 0 Å². The van der Waals surface area contributed by atoms with Crippen molar-refractivity contribution in [1.29, 1.82) is 0 Å². The van der Waals surface area contributed by atoms with Crippen LogP contribution in [0.2, 0.25) is 0 Å². The molecule has 0 spiro atoms. The zero-order valence-electron chi connectivity index (χ0n) is 12.1. The van der Waals surface area contributed by atoms with Crippen LogP contribution in [0.5, 0.6) is 0 Å². The molecule has 0 saturated carbocycles. The average molecular weight is 259 g/mol. The fourth-order valence-electron chi connectivity index (χ4n) is 1.67. The van der Waals surface area contributed by atoms with E-state index in [1.54, 1.807) is 25.9 Å². The number of carbonyl (C=O) groups is 2. The number of aliphatic hydroxyl groups is 1. The van der Waals surface area contributed by atoms with Gasteiger partial charge in [-0.15, -0.1) is 0 Å². The maximum Gasteiger partial charge on any atom is 0.258 e. The van der Waals surface area contributed by atoms with Gasteiger partial charge in [0.05, 0.1) is 6.10 Å². The lowest BCUT2D eigenvalue weighted by atomic mass is 10.1. The molecule has 0 aromatic heterocycles. The van der Waals surface area contributed by atoms with Gasteiger partial charge < -0.3 is 5.11 Å². The summed E-state index contributed by atoms with van der Waals surface area (Å²) in [6.45, 7) is 5.41. The summed E-state index contributed by atoms with van der Waals surface area (Å²) in [6.07, 6.45) is -0.438. The zero-order valence-corrected chi connectivity index (χ0v) is 12.1. The second kappa shape index (κ2) is 7.33. The highest BCUT2D eigenvalue weighted by Crippen LogP contribution is 2.03. The molecule has 18 heavy (non-hydrogen) atoms. The molecule has 2 atom stereocenters. The Hall–Kier alpha value is -1.14. The number of amides is 2. The lowest BCUT2D eigenvalue weighted by Gasteiger charge is -2.28. The highest BCUT2D eigenvalue weighted by Gasteiger charge is 2.27. The Morgan fingerprint density at radius 2 is 1.67 bits per heavy atom. The van der Waals surface area contributed by atoms with Crippen LogP contribution in [-0.4, -0.2) is 60.1 Å². The van der Waals surface area contributed by atoms with Crippen LogP contribution in [0.1, 0.15) is 27.2 Å². The van der Waals surface area contributed by atoms with Gasteiger partial charge >= 0.3 is 0 Å². The van der Waals surface area contributed by atoms with Crippen molar-refractivity contribution in [2.24, 2.45) is 5.92 Å². The van der Waals surface area contributed by atoms with Crippen molar-refractivity contribution in [3.8, 4) is 0 Å². The van der Waals surface area contributed by atoms with E-state index in [9.17, 15) is 14.7 Å². The van der Waals surface area contributed by atoms with Gasteiger partial charge in [-0.2, -0.15) is 0 Å². The molecule has 2 unspecified atom stereocenters. The molecule has 0 aromatic carbocycles. The van der Waals surface area contributed by atoms with Gasteiger partial charge in [-0.3, -0.25) is 24.9 Å². The van der Waals surface area contributed by atoms with Gasteiger partial charge in [0.15, 0.2) is 0 Å². The number of rotatable bonds is 5. The third kappa shape index (κ3) is 5.46. The second-order valence-corrected chi connectivity index (χ2v) is 5.18. The van der Waals surface area contributed by atoms with Gasteiger partial charge in [0.25, 0.3) is 5.91 Å². The van der Waals surface area contributed by atoms with Crippen LogP contribution < -0.4 is 5.43 Å². The SMILES string of the molecule is CC(C)CC(=O)N(C)NC(=O)C(C(C)O)N(C)C. The van der Waals surface area contributed by atoms with Crippen molar-refractivity contribution in [3.63, 3.8) is 0 Å². The summed E-state index contributed by atoms with van der Waals surface area (Å²) in [4.78, 5) is 25.2. The van der Waals surface area contributed by atoms with Crippen LogP contribution >= 0.6 is 0 Å². The van der Waals surface area contributed by atoms with Gasteiger partial charge in [-0.05, 0) is 26.9 Å². The van der Waals surface area contributed by atoms with Crippen LogP contribution in [0.25, 0.3) is 0 Å². The highest BCUT2D eigenvalue weighted by molar-refractivity contribution is 5.85. The Bertz CT molecular complexity index is 282. The van der Waals surface area contributed by atoms with Crippen LogP contribution in [-0.2, 0) is 9.59 Å². The maximum absolute atomic E-state index is 11.9. The Morgan fingerprint density at radius 1 is 1.17 bits per heavy atom. The standard InChI is InChI=1S/C12H25N3O3/c1-8(2)7-10(17)15(6)13-12(18)11(9(3)16)14(4)5/h8-9,11,16H,7H2,1-6H3,(H,13,18). The van der Waals surface area contributed by atoms with E-state index in [0.717, 1.165) is 0 Å². The summed E-state index contributed by atoms with van der Waals surface area (Å²) in [5.41, 5.74) is 2.49. The average Bonchev–Trinajstić information content (AvgIpc) is 2.14. The van der Waals surface area contributed by atoms with E-state index in [2.05, 4.69) is 5.43 Å². The molecule has 0 bridgehead atoms. The largest absolute Gasteiger partial charge is 0.391 e. The first kappa shape index (κ1) is 16.9. The van der Waals surface area contributed by atoms with Crippen LogP contribution in [0.4, 0.5) is 0 Å². The molecular formula is C12H25N3O3. The predicted octanol–water partition coefficient (Wildman–Crippen LogP) is -0.167. The summed E-state index contributed by atoms with van der Waals surface area (Å²) < 4.78 is 0. The van der Waals surface area contributed by atoms with Gasteiger partial charge in [-0.1, -0.05) is 13.8 Å². The van der Waals surface area contributed by atoms with Gasteiger partial charge in [0.2, 0.25) is 5.91 Å². The summed E-state index contributed by atoms with van der Waals surface area (Å²) in [5, 5.41) is 10.7. The molecule has 2 N–H and O–H groups in total. The Labute approximate surface area is 109 Å². The third-order valence-electron chi connectivity index (χ3n) is 2.52. The first-order chi connectivity index (χ1) is 8.16. The fraction of sp³-hybridized carbons (Fsp3) is 0.833. The lowest BCUT2D eigenvalue weighted by Crippen LogP contribution is -2.55. The molecule has 0 aliphatic heterocycles. The summed E-state index contributed by atoms with van der Waals surface area (Å²) >= 11 is 0. The molecule has 6 nitrogen and oxygen atoms in total. The predicted molar refractivity (Wildman–Crippen MR) is 69.5 cm³/mol. The second-order valence-electron chi connectivity index (χ2n) is 5.18. The van der Waals surface area contributed by atoms with Gasteiger partial charge in [-0.25, -0.2) is 0 Å². The molecule has 0 rings (SSSR count). The topological polar surface area (TPSA) is 72.9 Å². The molecule has 0 aromatic rings. The van der Waals surface area contributed by atoms with E-state index >= 15 is 0 Å². The molecule has 0 aliphatic carbocycles. The number of hydrazine groups is 1. The van der Waals surface area contributed by atoms with E-state index in [1.165, 1.54) is 12.1 Å². The molecular weight excluding hydrogens is 234 g/mol. The molecule has 106 valence electrons. The number of nitrogens with one attached hydrogen (secondary N) is 1. The van der Waals surface area contributed by atoms with E-state index < -0.39 is 18.1 Å². The van der Waals surface area contributed by atoms with Crippen molar-refractivity contribution in [1.82, 2.24) is 15.3 Å². The Balaban J connectivity index is 4.50. The molecule has 0 heterocycles. The summed E-state index contributed by atoms with van der Waals surface area (Å²) in [5.74, 6) is -0.311. The normalized spacial score (nSPS) is 14.5. The molecule has 2 amide bonds. The van der Waals surface area contributed by atoms with Gasteiger partial charge in [0, 0.05) is 13.5 Å². The van der Waals surface area contributed by atoms with Crippen LogP contribution in [0, 0.1) is 5.92 Å². The fourth-order valence-corrected chi connectivity index (χ4v) is 1.67. The molecule has 0 aliphatic rings. The monoisotopic (exact) mass is 259 g/mol. The van der Waals surface area contributed by atoms with Crippen molar-refractivity contribution in [2.75, 3.05) is 21.1 Å². The smallest absolute Gasteiger partial charge is 0.258 e. The minimum absolute atomic E-state index is 0.151. The van der Waals surface area contributed by atoms with Crippen molar-refractivity contribution in [3.05, 3.63) is 0 Å². The van der Waals surface area contributed by atoms with E-state index in [-0.39, 0.29) is 11.8 Å². The minimum atomic E-state index is -0.811. The molecule has 0 fully saturated rings. The van der Waals surface area contributed by atoms with Gasteiger partial charge in [0.1, 0.15) is 6.04 Å². The molecule has 0 radical (unpaired) electrons. The lowest BCUT2D eigenvalue weighted by molar-refractivity contribution is -0.144. The van der Waals surface area contributed by atoms with Crippen LogP contribution in [0.3, 0.4) is 0 Å². The number of aliphatic hydroxyl groups excluding tert-OH is 1. The Morgan fingerprint density at radius 3 is 2.00 bits per heavy atom. The van der Waals surface area contributed by atoms with Crippen LogP contribution in [0.15, 0.2) is 0 Å². The minimum Gasteiger partial charge on any atom is -0.391 e. The number of likely N-dealkylation sites (N-methyl/N-ethyl adjacent to an activating group) is 1. The van der Waals surface area contributed by atoms with E-state index in [0.29, 0.717) is 6.42 Å². The number of nitrogens with zero attached hydrogens (tertiary/aromatic N) is 2. The summed E-state index contributed by atoms with van der Waals surface area (Å²) in [6, 6.07) is -0.681. The highest BCUT2D eigenvalue weighted by atomic mass is 16.3. The van der Waals surface area contributed by atoms with Crippen molar-refractivity contribution < 1.29 is 14.7 Å². The third-order valence-corrected chi connectivity index (χ3v) is 2.52. The van der Waals surface area contributed by atoms with Crippen molar-refractivity contribution >= 4 is 11.8 Å². The first-order valence-electron chi connectivity index (χ1n) is 6.08. The zero-order chi connectivity index (χ0) is 14.5. The molecule has 0 saturated heterocycles. The maximum atomic E-state index is 11.9. The number of carbonyl (C=O) groups excluding carboxylic acids is 2. The molecule has 6 heteroatoms. The Kier molecular flexibility index (Phi) is 6.86. The first-order valence-corrected chi connectivity index (χ1v) is 6.08. The quantitative estimate of drug-likeness (QED) is 0.673.